The standard InChI is InChI=1S/C18H20FNO/c1-20-17-5-3-4-12-6-7-13(10-15(12)17)16-11-14(19)8-9-18(16)21-2/h6-11,17,20H,3-5H2,1-2H3. The summed E-state index contributed by atoms with van der Waals surface area (Å²) in [4.78, 5) is 0. The molecule has 0 saturated heterocycles. The van der Waals surface area contributed by atoms with Crippen molar-refractivity contribution < 1.29 is 9.13 Å². The number of aryl methyl sites for hydroxylation is 1. The predicted molar refractivity (Wildman–Crippen MR) is 83.1 cm³/mol. The Morgan fingerprint density at radius 1 is 1.19 bits per heavy atom. The number of hydrogen-bond donors (Lipinski definition) is 1. The van der Waals surface area contributed by atoms with Gasteiger partial charge in [-0.15, -0.1) is 0 Å². The maximum atomic E-state index is 13.6. The highest BCUT2D eigenvalue weighted by atomic mass is 19.1. The van der Waals surface area contributed by atoms with E-state index in [2.05, 4.69) is 23.5 Å². The zero-order chi connectivity index (χ0) is 14.8. The second kappa shape index (κ2) is 5.86. The minimum absolute atomic E-state index is 0.242. The van der Waals surface area contributed by atoms with Gasteiger partial charge in [-0.2, -0.15) is 0 Å². The van der Waals surface area contributed by atoms with Crippen LogP contribution in [0.1, 0.15) is 30.0 Å². The van der Waals surface area contributed by atoms with Crippen LogP contribution in [0.3, 0.4) is 0 Å². The maximum Gasteiger partial charge on any atom is 0.126 e. The number of nitrogens with one attached hydrogen (secondary N) is 1. The lowest BCUT2D eigenvalue weighted by molar-refractivity contribution is 0.415. The molecule has 0 fully saturated rings. The summed E-state index contributed by atoms with van der Waals surface area (Å²) in [5, 5.41) is 3.37. The van der Waals surface area contributed by atoms with Gasteiger partial charge in [0.05, 0.1) is 7.11 Å². The van der Waals surface area contributed by atoms with E-state index in [1.165, 1.54) is 29.7 Å². The van der Waals surface area contributed by atoms with E-state index in [4.69, 9.17) is 4.74 Å². The van der Waals surface area contributed by atoms with Crippen LogP contribution in [0.15, 0.2) is 36.4 Å². The molecule has 1 atom stereocenters. The van der Waals surface area contributed by atoms with Crippen LogP contribution >= 0.6 is 0 Å². The smallest absolute Gasteiger partial charge is 0.126 e. The molecule has 1 aliphatic carbocycles. The minimum atomic E-state index is -0.242. The van der Waals surface area contributed by atoms with Gasteiger partial charge in [0.2, 0.25) is 0 Å². The van der Waals surface area contributed by atoms with E-state index in [-0.39, 0.29) is 5.82 Å². The van der Waals surface area contributed by atoms with Gasteiger partial charge in [-0.3, -0.25) is 0 Å². The number of rotatable bonds is 3. The molecule has 0 spiro atoms. The Morgan fingerprint density at radius 3 is 2.81 bits per heavy atom. The average molecular weight is 285 g/mol. The Balaban J connectivity index is 2.10. The molecule has 2 nitrogen and oxygen atoms in total. The summed E-state index contributed by atoms with van der Waals surface area (Å²) in [6.45, 7) is 0. The van der Waals surface area contributed by atoms with Gasteiger partial charge in [-0.25, -0.2) is 4.39 Å². The highest BCUT2D eigenvalue weighted by Crippen LogP contribution is 2.36. The first-order valence-corrected chi connectivity index (χ1v) is 7.37. The molecule has 0 radical (unpaired) electrons. The largest absolute Gasteiger partial charge is 0.496 e. The van der Waals surface area contributed by atoms with Crippen molar-refractivity contribution in [3.8, 4) is 16.9 Å². The highest BCUT2D eigenvalue weighted by molar-refractivity contribution is 5.71. The first-order valence-electron chi connectivity index (χ1n) is 7.37. The van der Waals surface area contributed by atoms with E-state index in [1.807, 2.05) is 7.05 Å². The van der Waals surface area contributed by atoms with Gasteiger partial charge in [-0.1, -0.05) is 12.1 Å². The quantitative estimate of drug-likeness (QED) is 0.916. The SMILES string of the molecule is CNC1CCCc2ccc(-c3cc(F)ccc3OC)cc21. The molecule has 1 N–H and O–H groups in total. The van der Waals surface area contributed by atoms with Gasteiger partial charge in [0, 0.05) is 11.6 Å². The van der Waals surface area contributed by atoms with Gasteiger partial charge in [0.25, 0.3) is 0 Å². The Morgan fingerprint density at radius 2 is 2.05 bits per heavy atom. The zero-order valence-electron chi connectivity index (χ0n) is 12.4. The molecular weight excluding hydrogens is 265 g/mol. The summed E-state index contributed by atoms with van der Waals surface area (Å²) in [7, 11) is 3.61. The maximum absolute atomic E-state index is 13.6. The second-order valence-corrected chi connectivity index (χ2v) is 5.49. The molecular formula is C18H20FNO. The van der Waals surface area contributed by atoms with Gasteiger partial charge in [0.1, 0.15) is 11.6 Å². The molecule has 1 unspecified atom stereocenters. The van der Waals surface area contributed by atoms with Crippen molar-refractivity contribution in [3.63, 3.8) is 0 Å². The van der Waals surface area contributed by atoms with Crippen LogP contribution in [0.4, 0.5) is 4.39 Å². The third-order valence-electron chi connectivity index (χ3n) is 4.28. The number of benzene rings is 2. The van der Waals surface area contributed by atoms with Gasteiger partial charge < -0.3 is 10.1 Å². The molecule has 2 aromatic rings. The second-order valence-electron chi connectivity index (χ2n) is 5.49. The van der Waals surface area contributed by atoms with Crippen LogP contribution < -0.4 is 10.1 Å². The third kappa shape index (κ3) is 2.66. The third-order valence-corrected chi connectivity index (χ3v) is 4.28. The predicted octanol–water partition coefficient (Wildman–Crippen LogP) is 4.10. The molecule has 0 saturated carbocycles. The fraction of sp³-hybridized carbons (Fsp3) is 0.333. The van der Waals surface area contributed by atoms with E-state index >= 15 is 0 Å². The molecule has 0 aromatic heterocycles. The summed E-state index contributed by atoms with van der Waals surface area (Å²) in [5.74, 6) is 0.460. The molecule has 3 heteroatoms. The molecule has 110 valence electrons. The van der Waals surface area contributed by atoms with Crippen molar-refractivity contribution in [2.75, 3.05) is 14.2 Å². The van der Waals surface area contributed by atoms with Crippen LogP contribution in [0.5, 0.6) is 5.75 Å². The Bertz CT molecular complexity index is 654. The average Bonchev–Trinajstić information content (AvgIpc) is 2.53. The lowest BCUT2D eigenvalue weighted by Gasteiger charge is -2.26. The van der Waals surface area contributed by atoms with Crippen molar-refractivity contribution in [1.82, 2.24) is 5.32 Å². The van der Waals surface area contributed by atoms with E-state index in [9.17, 15) is 4.39 Å². The monoisotopic (exact) mass is 285 g/mol. The normalized spacial score (nSPS) is 17.4. The Hall–Kier alpha value is -1.87. The number of fused-ring (bicyclic) bond motifs is 1. The van der Waals surface area contributed by atoms with Crippen LogP contribution in [0.2, 0.25) is 0 Å². The first-order chi connectivity index (χ1) is 10.2. The Labute approximate surface area is 125 Å². The van der Waals surface area contributed by atoms with Crippen molar-refractivity contribution >= 4 is 0 Å². The fourth-order valence-corrected chi connectivity index (χ4v) is 3.17. The summed E-state index contributed by atoms with van der Waals surface area (Å²) < 4.78 is 19.0. The highest BCUT2D eigenvalue weighted by Gasteiger charge is 2.20. The lowest BCUT2D eigenvalue weighted by Crippen LogP contribution is -2.21. The molecule has 0 bridgehead atoms. The minimum Gasteiger partial charge on any atom is -0.496 e. The molecule has 0 amide bonds. The molecule has 2 aromatic carbocycles. The van der Waals surface area contributed by atoms with Gasteiger partial charge in [-0.05, 0) is 67.3 Å². The van der Waals surface area contributed by atoms with Crippen molar-refractivity contribution in [2.45, 2.75) is 25.3 Å². The van der Waals surface area contributed by atoms with E-state index in [1.54, 1.807) is 13.2 Å². The summed E-state index contributed by atoms with van der Waals surface area (Å²) >= 11 is 0. The van der Waals surface area contributed by atoms with Crippen LogP contribution in [-0.4, -0.2) is 14.2 Å². The fourth-order valence-electron chi connectivity index (χ4n) is 3.17. The summed E-state index contributed by atoms with van der Waals surface area (Å²) in [5.41, 5.74) is 4.53. The number of ether oxygens (including phenoxy) is 1. The molecule has 0 heterocycles. The van der Waals surface area contributed by atoms with Crippen LogP contribution in [0.25, 0.3) is 11.1 Å². The van der Waals surface area contributed by atoms with Crippen LogP contribution in [0, 0.1) is 5.82 Å². The van der Waals surface area contributed by atoms with Crippen molar-refractivity contribution in [1.29, 1.82) is 0 Å². The first kappa shape index (κ1) is 14.1. The van der Waals surface area contributed by atoms with E-state index in [0.29, 0.717) is 11.8 Å². The molecule has 3 rings (SSSR count). The van der Waals surface area contributed by atoms with E-state index < -0.39 is 0 Å². The van der Waals surface area contributed by atoms with Gasteiger partial charge in [0.15, 0.2) is 0 Å². The van der Waals surface area contributed by atoms with Crippen molar-refractivity contribution in [2.24, 2.45) is 0 Å². The summed E-state index contributed by atoms with van der Waals surface area (Å²) in [6, 6.07) is 11.4. The number of halogens is 1. The topological polar surface area (TPSA) is 21.3 Å². The van der Waals surface area contributed by atoms with Gasteiger partial charge >= 0.3 is 0 Å². The zero-order valence-corrected chi connectivity index (χ0v) is 12.4. The molecule has 1 aliphatic rings. The van der Waals surface area contributed by atoms with E-state index in [0.717, 1.165) is 24.0 Å². The van der Waals surface area contributed by atoms with Crippen LogP contribution in [-0.2, 0) is 6.42 Å². The number of hydrogen-bond acceptors (Lipinski definition) is 2. The Kier molecular flexibility index (Phi) is 3.93. The summed E-state index contributed by atoms with van der Waals surface area (Å²) in [6.07, 6.45) is 3.47. The molecule has 21 heavy (non-hydrogen) atoms. The number of methoxy groups -OCH3 is 1. The van der Waals surface area contributed by atoms with Crippen molar-refractivity contribution in [3.05, 3.63) is 53.3 Å². The molecule has 0 aliphatic heterocycles. The lowest BCUT2D eigenvalue weighted by atomic mass is 9.85.